The van der Waals surface area contributed by atoms with Crippen LogP contribution in [0.3, 0.4) is 0 Å². The summed E-state index contributed by atoms with van der Waals surface area (Å²) >= 11 is 0. The van der Waals surface area contributed by atoms with Crippen LogP contribution in [-0.4, -0.2) is 44.6 Å². The van der Waals surface area contributed by atoms with Crippen molar-refractivity contribution in [3.63, 3.8) is 0 Å². The van der Waals surface area contributed by atoms with Crippen molar-refractivity contribution in [3.05, 3.63) is 75.5 Å². The second-order valence-corrected chi connectivity index (χ2v) is 7.72. The van der Waals surface area contributed by atoms with Crippen LogP contribution in [0.25, 0.3) is 0 Å². The van der Waals surface area contributed by atoms with Crippen molar-refractivity contribution in [2.45, 2.75) is 39.3 Å². The Balaban J connectivity index is 1.47. The molecule has 29 heavy (non-hydrogen) atoms. The van der Waals surface area contributed by atoms with Crippen LogP contribution in [0.2, 0.25) is 0 Å². The van der Waals surface area contributed by atoms with Gasteiger partial charge in [-0.1, -0.05) is 6.07 Å². The quantitative estimate of drug-likeness (QED) is 0.697. The number of benzene rings is 1. The summed E-state index contributed by atoms with van der Waals surface area (Å²) in [5.41, 5.74) is 3.24. The molecule has 2 aromatic heterocycles. The van der Waals surface area contributed by atoms with E-state index >= 15 is 0 Å². The number of hydrogen-bond donors (Lipinski definition) is 1. The first kappa shape index (κ1) is 19.4. The highest BCUT2D eigenvalue weighted by Crippen LogP contribution is 2.28. The van der Waals surface area contributed by atoms with Crippen LogP contribution in [0, 0.1) is 13.8 Å². The first-order valence-corrected chi connectivity index (χ1v) is 9.95. The van der Waals surface area contributed by atoms with Gasteiger partial charge in [-0.15, -0.1) is 0 Å². The van der Waals surface area contributed by atoms with Gasteiger partial charge < -0.3 is 14.3 Å². The van der Waals surface area contributed by atoms with Crippen LogP contribution in [0.15, 0.2) is 41.5 Å². The van der Waals surface area contributed by atoms with E-state index in [1.807, 2.05) is 32.3 Å². The van der Waals surface area contributed by atoms with Gasteiger partial charge in [-0.05, 0) is 44.5 Å². The zero-order chi connectivity index (χ0) is 20.4. The summed E-state index contributed by atoms with van der Waals surface area (Å²) in [6, 6.07) is 8.04. The fourth-order valence-electron chi connectivity index (χ4n) is 4.10. The molecule has 3 aromatic rings. The van der Waals surface area contributed by atoms with Gasteiger partial charge >= 0.3 is 0 Å². The highest BCUT2D eigenvalue weighted by atomic mass is 16.5. The maximum atomic E-state index is 11.8. The number of nitrogens with zero attached hydrogens (tertiary/aromatic N) is 4. The fourth-order valence-corrected chi connectivity index (χ4v) is 4.10. The summed E-state index contributed by atoms with van der Waals surface area (Å²) in [5.74, 6) is 2.87. The van der Waals surface area contributed by atoms with E-state index in [0.717, 1.165) is 55.4 Å². The van der Waals surface area contributed by atoms with Crippen molar-refractivity contribution >= 4 is 0 Å². The molecule has 1 aliphatic rings. The average Bonchev–Trinajstić information content (AvgIpc) is 3.31. The number of H-pyrrole nitrogens is 1. The van der Waals surface area contributed by atoms with Crippen LogP contribution >= 0.6 is 0 Å². The minimum atomic E-state index is -0.0689. The van der Waals surface area contributed by atoms with Crippen molar-refractivity contribution in [2.75, 3.05) is 20.2 Å². The number of hydrogen-bond acceptors (Lipinski definition) is 5. The normalized spacial score (nSPS) is 17.0. The molecule has 0 spiro atoms. The number of aromatic amines is 1. The summed E-state index contributed by atoms with van der Waals surface area (Å²) in [6.45, 7) is 7.36. The van der Waals surface area contributed by atoms with E-state index in [0.29, 0.717) is 11.7 Å². The SMILES string of the molecule is COc1ccc(CN2CCC(c3cc(=O)[nH]c(C)n3)C2)cc1Cn1ccnc1C. The van der Waals surface area contributed by atoms with Crippen LogP contribution in [0.5, 0.6) is 5.75 Å². The van der Waals surface area contributed by atoms with Gasteiger partial charge in [-0.2, -0.15) is 0 Å². The number of methoxy groups -OCH3 is 1. The molecule has 1 saturated heterocycles. The Morgan fingerprint density at radius 1 is 1.24 bits per heavy atom. The molecule has 1 aliphatic heterocycles. The Bertz CT molecular complexity index is 1060. The highest BCUT2D eigenvalue weighted by Gasteiger charge is 2.25. The summed E-state index contributed by atoms with van der Waals surface area (Å²) in [5, 5.41) is 0. The lowest BCUT2D eigenvalue weighted by Crippen LogP contribution is -2.21. The van der Waals surface area contributed by atoms with Gasteiger partial charge in [0.15, 0.2) is 0 Å². The smallest absolute Gasteiger partial charge is 0.251 e. The van der Waals surface area contributed by atoms with Crippen molar-refractivity contribution in [1.82, 2.24) is 24.4 Å². The zero-order valence-corrected chi connectivity index (χ0v) is 17.2. The summed E-state index contributed by atoms with van der Waals surface area (Å²) in [6.07, 6.45) is 4.83. The molecular weight excluding hydrogens is 366 g/mol. The van der Waals surface area contributed by atoms with Crippen molar-refractivity contribution in [3.8, 4) is 5.75 Å². The van der Waals surface area contributed by atoms with Crippen molar-refractivity contribution in [1.29, 1.82) is 0 Å². The van der Waals surface area contributed by atoms with Gasteiger partial charge in [-0.25, -0.2) is 9.97 Å². The van der Waals surface area contributed by atoms with Crippen molar-refractivity contribution < 1.29 is 4.74 Å². The Morgan fingerprint density at radius 3 is 2.83 bits per heavy atom. The zero-order valence-electron chi connectivity index (χ0n) is 17.2. The molecule has 7 nitrogen and oxygen atoms in total. The van der Waals surface area contributed by atoms with E-state index in [1.54, 1.807) is 13.2 Å². The number of nitrogens with one attached hydrogen (secondary N) is 1. The average molecular weight is 393 g/mol. The Hall–Kier alpha value is -2.93. The molecule has 0 saturated carbocycles. The molecule has 152 valence electrons. The molecular formula is C22H27N5O2. The lowest BCUT2D eigenvalue weighted by Gasteiger charge is -2.18. The number of imidazole rings is 1. The standard InChI is InChI=1S/C22H27N5O2/c1-15-24-20(11-22(28)25-15)18-6-8-26(13-18)12-17-4-5-21(29-3)19(10-17)14-27-9-7-23-16(27)2/h4-5,7,9-11,18H,6,8,12-14H2,1-3H3,(H,24,25,28). The van der Waals surface area contributed by atoms with Gasteiger partial charge in [0.25, 0.3) is 5.56 Å². The molecule has 1 aromatic carbocycles. The van der Waals surface area contributed by atoms with E-state index in [2.05, 4.69) is 36.6 Å². The third-order valence-corrected chi connectivity index (χ3v) is 5.59. The second-order valence-electron chi connectivity index (χ2n) is 7.72. The van der Waals surface area contributed by atoms with Gasteiger partial charge in [0.1, 0.15) is 17.4 Å². The van der Waals surface area contributed by atoms with Gasteiger partial charge in [-0.3, -0.25) is 9.69 Å². The lowest BCUT2D eigenvalue weighted by atomic mass is 10.0. The summed E-state index contributed by atoms with van der Waals surface area (Å²) in [4.78, 5) is 25.8. The van der Waals surface area contributed by atoms with Crippen LogP contribution < -0.4 is 10.3 Å². The Labute approximate surface area is 170 Å². The van der Waals surface area contributed by atoms with E-state index in [9.17, 15) is 4.79 Å². The molecule has 3 heterocycles. The number of aryl methyl sites for hydroxylation is 2. The number of aromatic nitrogens is 4. The monoisotopic (exact) mass is 393 g/mol. The molecule has 1 unspecified atom stereocenters. The largest absolute Gasteiger partial charge is 0.496 e. The van der Waals surface area contributed by atoms with Crippen LogP contribution in [0.4, 0.5) is 0 Å². The van der Waals surface area contributed by atoms with Crippen molar-refractivity contribution in [2.24, 2.45) is 0 Å². The minimum Gasteiger partial charge on any atom is -0.496 e. The first-order chi connectivity index (χ1) is 14.0. The molecule has 0 amide bonds. The van der Waals surface area contributed by atoms with Crippen LogP contribution in [0.1, 0.15) is 40.8 Å². The Kier molecular flexibility index (Phi) is 5.49. The topological polar surface area (TPSA) is 76.0 Å². The molecule has 1 fully saturated rings. The fraction of sp³-hybridized carbons (Fsp3) is 0.409. The maximum absolute atomic E-state index is 11.8. The number of likely N-dealkylation sites (tertiary alicyclic amines) is 1. The molecule has 1 atom stereocenters. The molecule has 0 radical (unpaired) electrons. The number of rotatable bonds is 6. The highest BCUT2D eigenvalue weighted by molar-refractivity contribution is 5.37. The third kappa shape index (κ3) is 4.40. The number of ether oxygens (including phenoxy) is 1. The second kappa shape index (κ2) is 8.21. The van der Waals surface area contributed by atoms with E-state index < -0.39 is 0 Å². The molecule has 4 rings (SSSR count). The van der Waals surface area contributed by atoms with E-state index in [1.165, 1.54) is 5.56 Å². The van der Waals surface area contributed by atoms with Gasteiger partial charge in [0, 0.05) is 43.0 Å². The van der Waals surface area contributed by atoms with Crippen LogP contribution in [-0.2, 0) is 13.1 Å². The molecule has 1 N–H and O–H groups in total. The first-order valence-electron chi connectivity index (χ1n) is 9.95. The van der Waals surface area contributed by atoms with E-state index in [4.69, 9.17) is 4.74 Å². The van der Waals surface area contributed by atoms with Gasteiger partial charge in [0.2, 0.25) is 0 Å². The minimum absolute atomic E-state index is 0.0689. The van der Waals surface area contributed by atoms with Gasteiger partial charge in [0.05, 0.1) is 19.3 Å². The predicted octanol–water partition coefficient (Wildman–Crippen LogP) is 2.63. The lowest BCUT2D eigenvalue weighted by molar-refractivity contribution is 0.325. The molecule has 7 heteroatoms. The third-order valence-electron chi connectivity index (χ3n) is 5.59. The Morgan fingerprint density at radius 2 is 2.10 bits per heavy atom. The predicted molar refractivity (Wildman–Crippen MR) is 111 cm³/mol. The molecule has 0 bridgehead atoms. The molecule has 0 aliphatic carbocycles. The summed E-state index contributed by atoms with van der Waals surface area (Å²) in [7, 11) is 1.71. The maximum Gasteiger partial charge on any atom is 0.251 e. The van der Waals surface area contributed by atoms with E-state index in [-0.39, 0.29) is 5.56 Å². The summed E-state index contributed by atoms with van der Waals surface area (Å²) < 4.78 is 7.69.